The fraction of sp³-hybridized carbons (Fsp3) is 0.250. The second-order valence-electron chi connectivity index (χ2n) is 6.64. The van der Waals surface area contributed by atoms with E-state index >= 15 is 0 Å². The molecule has 0 spiro atoms. The van der Waals surface area contributed by atoms with Crippen molar-refractivity contribution in [3.63, 3.8) is 0 Å². The number of hydrogen-bond donors (Lipinski definition) is 2. The number of carbonyl (C=O) groups is 3. The van der Waals surface area contributed by atoms with Crippen LogP contribution in [0.3, 0.4) is 0 Å². The topological polar surface area (TPSA) is 128 Å². The van der Waals surface area contributed by atoms with Gasteiger partial charge >= 0.3 is 12.1 Å². The number of esters is 1. The highest BCUT2D eigenvalue weighted by Gasteiger charge is 2.33. The number of nitrogens with zero attached hydrogens (tertiary/aromatic N) is 1. The summed E-state index contributed by atoms with van der Waals surface area (Å²) in [6.07, 6.45) is -5.05. The molecule has 0 radical (unpaired) electrons. The molecular formula is C20H18F3N3O6. The van der Waals surface area contributed by atoms with Crippen LogP contribution in [0, 0.1) is 10.1 Å². The molecular weight excluding hydrogens is 435 g/mol. The second-order valence-corrected chi connectivity index (χ2v) is 6.64. The highest BCUT2D eigenvalue weighted by Crippen LogP contribution is 2.34. The first kappa shape index (κ1) is 24.3. The minimum atomic E-state index is -4.80. The number of rotatable bonds is 8. The van der Waals surface area contributed by atoms with Crippen molar-refractivity contribution in [2.45, 2.75) is 25.6 Å². The molecule has 1 unspecified atom stereocenters. The Hall–Kier alpha value is -3.96. The SMILES string of the molecule is CC(CC(=O)OCC(=O)Nc1ccc(C(F)(F)F)cc1[N+](=O)[O-])NC(=O)c1ccccc1. The Bertz CT molecular complexity index is 1010. The van der Waals surface area contributed by atoms with E-state index in [-0.39, 0.29) is 6.42 Å². The van der Waals surface area contributed by atoms with Gasteiger partial charge in [0.1, 0.15) is 5.69 Å². The van der Waals surface area contributed by atoms with Gasteiger partial charge in [-0.05, 0) is 31.2 Å². The van der Waals surface area contributed by atoms with Crippen LogP contribution in [0.4, 0.5) is 24.5 Å². The van der Waals surface area contributed by atoms with Gasteiger partial charge in [-0.25, -0.2) is 0 Å². The van der Waals surface area contributed by atoms with Gasteiger partial charge in [0.2, 0.25) is 0 Å². The molecule has 0 aromatic heterocycles. The molecule has 2 N–H and O–H groups in total. The molecule has 1 atom stereocenters. The summed E-state index contributed by atoms with van der Waals surface area (Å²) in [6, 6.07) is 9.25. The molecule has 0 saturated carbocycles. The highest BCUT2D eigenvalue weighted by molar-refractivity contribution is 5.95. The van der Waals surface area contributed by atoms with Gasteiger partial charge in [-0.1, -0.05) is 18.2 Å². The summed E-state index contributed by atoms with van der Waals surface area (Å²) >= 11 is 0. The van der Waals surface area contributed by atoms with Crippen LogP contribution in [0.25, 0.3) is 0 Å². The first-order valence-corrected chi connectivity index (χ1v) is 9.14. The Morgan fingerprint density at radius 1 is 1.12 bits per heavy atom. The van der Waals surface area contributed by atoms with E-state index in [1.54, 1.807) is 37.3 Å². The number of benzene rings is 2. The van der Waals surface area contributed by atoms with Crippen LogP contribution in [0.1, 0.15) is 29.3 Å². The van der Waals surface area contributed by atoms with Crippen molar-refractivity contribution < 1.29 is 37.2 Å². The molecule has 32 heavy (non-hydrogen) atoms. The summed E-state index contributed by atoms with van der Waals surface area (Å²) in [7, 11) is 0. The number of hydrogen-bond acceptors (Lipinski definition) is 6. The largest absolute Gasteiger partial charge is 0.455 e. The van der Waals surface area contributed by atoms with E-state index in [0.29, 0.717) is 17.7 Å². The van der Waals surface area contributed by atoms with Crippen LogP contribution in [-0.2, 0) is 20.5 Å². The van der Waals surface area contributed by atoms with Gasteiger partial charge < -0.3 is 15.4 Å². The minimum Gasteiger partial charge on any atom is -0.455 e. The molecule has 2 rings (SSSR count). The maximum Gasteiger partial charge on any atom is 0.416 e. The fourth-order valence-electron chi connectivity index (χ4n) is 2.55. The molecule has 12 heteroatoms. The zero-order valence-corrected chi connectivity index (χ0v) is 16.6. The van der Waals surface area contributed by atoms with E-state index < -0.39 is 58.5 Å². The van der Waals surface area contributed by atoms with Crippen molar-refractivity contribution >= 4 is 29.2 Å². The normalized spacial score (nSPS) is 11.9. The summed E-state index contributed by atoms with van der Waals surface area (Å²) < 4.78 is 42.9. The predicted molar refractivity (Wildman–Crippen MR) is 106 cm³/mol. The standard InChI is InChI=1S/C20H18F3N3O6/c1-12(24-19(29)13-5-3-2-4-6-13)9-18(28)32-11-17(27)25-15-8-7-14(20(21,22)23)10-16(15)26(30)31/h2-8,10,12H,9,11H2,1H3,(H,24,29)(H,25,27). The van der Waals surface area contributed by atoms with Crippen LogP contribution in [0.2, 0.25) is 0 Å². The quantitative estimate of drug-likeness (QED) is 0.359. The zero-order chi connectivity index (χ0) is 23.9. The van der Waals surface area contributed by atoms with Crippen molar-refractivity contribution in [3.05, 3.63) is 69.8 Å². The molecule has 2 aromatic rings. The molecule has 0 heterocycles. The third-order valence-electron chi connectivity index (χ3n) is 4.05. The minimum absolute atomic E-state index is 0.258. The lowest BCUT2D eigenvalue weighted by molar-refractivity contribution is -0.384. The number of ether oxygens (including phenoxy) is 1. The Balaban J connectivity index is 1.88. The summed E-state index contributed by atoms with van der Waals surface area (Å²) in [4.78, 5) is 45.8. The molecule has 2 amide bonds. The van der Waals surface area contributed by atoms with Gasteiger partial charge in [-0.15, -0.1) is 0 Å². The molecule has 0 saturated heterocycles. The Kier molecular flexibility index (Phi) is 7.88. The summed E-state index contributed by atoms with van der Waals surface area (Å²) in [6.45, 7) is 0.726. The number of nitro groups is 1. The number of nitro benzene ring substituents is 1. The monoisotopic (exact) mass is 453 g/mol. The highest BCUT2D eigenvalue weighted by atomic mass is 19.4. The maximum absolute atomic E-state index is 12.7. The van der Waals surface area contributed by atoms with E-state index in [1.807, 2.05) is 5.32 Å². The van der Waals surface area contributed by atoms with Gasteiger partial charge in [0.05, 0.1) is 16.9 Å². The molecule has 0 aliphatic heterocycles. The fourth-order valence-corrected chi connectivity index (χ4v) is 2.55. The lowest BCUT2D eigenvalue weighted by atomic mass is 10.1. The average Bonchev–Trinajstić information content (AvgIpc) is 2.72. The Morgan fingerprint density at radius 2 is 1.78 bits per heavy atom. The number of nitrogens with one attached hydrogen (secondary N) is 2. The average molecular weight is 453 g/mol. The smallest absolute Gasteiger partial charge is 0.416 e. The van der Waals surface area contributed by atoms with Crippen molar-refractivity contribution in [1.82, 2.24) is 5.32 Å². The van der Waals surface area contributed by atoms with E-state index in [9.17, 15) is 37.7 Å². The molecule has 170 valence electrons. The molecule has 0 aliphatic rings. The third kappa shape index (κ3) is 7.07. The summed E-state index contributed by atoms with van der Waals surface area (Å²) in [5.41, 5.74) is -2.30. The number of alkyl halides is 3. The molecule has 9 nitrogen and oxygen atoms in total. The zero-order valence-electron chi connectivity index (χ0n) is 16.6. The van der Waals surface area contributed by atoms with Crippen LogP contribution in [0.5, 0.6) is 0 Å². The molecule has 2 aromatic carbocycles. The van der Waals surface area contributed by atoms with Crippen molar-refractivity contribution in [2.75, 3.05) is 11.9 Å². The van der Waals surface area contributed by atoms with E-state index in [2.05, 4.69) is 5.32 Å². The van der Waals surface area contributed by atoms with Crippen LogP contribution < -0.4 is 10.6 Å². The lowest BCUT2D eigenvalue weighted by Gasteiger charge is -2.13. The molecule has 0 fully saturated rings. The van der Waals surface area contributed by atoms with Crippen molar-refractivity contribution in [3.8, 4) is 0 Å². The number of amides is 2. The predicted octanol–water partition coefficient (Wildman–Crippen LogP) is 3.30. The lowest BCUT2D eigenvalue weighted by Crippen LogP contribution is -2.35. The molecule has 0 bridgehead atoms. The number of anilines is 1. The summed E-state index contributed by atoms with van der Waals surface area (Å²) in [5.74, 6) is -2.22. The number of halogens is 3. The second kappa shape index (κ2) is 10.4. The molecule has 0 aliphatic carbocycles. The van der Waals surface area contributed by atoms with E-state index in [0.717, 1.165) is 6.07 Å². The Labute approximate surface area is 179 Å². The van der Waals surface area contributed by atoms with Crippen LogP contribution in [-0.4, -0.2) is 35.4 Å². The van der Waals surface area contributed by atoms with Gasteiger partial charge in [-0.3, -0.25) is 24.5 Å². The van der Waals surface area contributed by atoms with Crippen LogP contribution in [0.15, 0.2) is 48.5 Å². The van der Waals surface area contributed by atoms with Gasteiger partial charge in [-0.2, -0.15) is 13.2 Å². The third-order valence-corrected chi connectivity index (χ3v) is 4.05. The summed E-state index contributed by atoms with van der Waals surface area (Å²) in [5, 5.41) is 15.7. The maximum atomic E-state index is 12.7. The van der Waals surface area contributed by atoms with Crippen molar-refractivity contribution in [1.29, 1.82) is 0 Å². The van der Waals surface area contributed by atoms with Crippen molar-refractivity contribution in [2.24, 2.45) is 0 Å². The first-order valence-electron chi connectivity index (χ1n) is 9.14. The van der Waals surface area contributed by atoms with E-state index in [4.69, 9.17) is 4.74 Å². The van der Waals surface area contributed by atoms with Gasteiger partial charge in [0.25, 0.3) is 17.5 Å². The Morgan fingerprint density at radius 3 is 2.38 bits per heavy atom. The van der Waals surface area contributed by atoms with Gasteiger partial charge in [0.15, 0.2) is 6.61 Å². The number of carbonyl (C=O) groups excluding carboxylic acids is 3. The van der Waals surface area contributed by atoms with Crippen LogP contribution >= 0.6 is 0 Å². The first-order chi connectivity index (χ1) is 15.0. The van der Waals surface area contributed by atoms with Gasteiger partial charge in [0, 0.05) is 17.7 Å². The van der Waals surface area contributed by atoms with E-state index in [1.165, 1.54) is 0 Å².